The lowest BCUT2D eigenvalue weighted by atomic mass is 10.1. The summed E-state index contributed by atoms with van der Waals surface area (Å²) < 4.78 is 31.1. The Morgan fingerprint density at radius 2 is 2.00 bits per heavy atom. The minimum atomic E-state index is -0.532. The minimum absolute atomic E-state index is 0.143. The van der Waals surface area contributed by atoms with Gasteiger partial charge in [0.1, 0.15) is 24.0 Å². The van der Waals surface area contributed by atoms with E-state index in [4.69, 9.17) is 18.9 Å². The van der Waals surface area contributed by atoms with Crippen LogP contribution in [0.4, 0.5) is 5.82 Å². The molecule has 2 heterocycles. The number of carbonyl (C=O) groups is 1. The molecule has 31 heavy (non-hydrogen) atoms. The van der Waals surface area contributed by atoms with Crippen LogP contribution < -0.4 is 19.7 Å². The zero-order valence-electron chi connectivity index (χ0n) is 18.4. The van der Waals surface area contributed by atoms with E-state index in [1.807, 2.05) is 20.8 Å². The van der Waals surface area contributed by atoms with Crippen LogP contribution >= 0.6 is 11.7 Å². The third kappa shape index (κ3) is 6.78. The predicted octanol–water partition coefficient (Wildman–Crippen LogP) is 2.38. The van der Waals surface area contributed by atoms with Gasteiger partial charge in [0.2, 0.25) is 5.82 Å². The van der Waals surface area contributed by atoms with Gasteiger partial charge in [-0.3, -0.25) is 0 Å². The van der Waals surface area contributed by atoms with Crippen molar-refractivity contribution in [2.45, 2.75) is 32.4 Å². The molecule has 9 nitrogen and oxygen atoms in total. The fourth-order valence-corrected chi connectivity index (χ4v) is 3.51. The van der Waals surface area contributed by atoms with Crippen molar-refractivity contribution in [3.63, 3.8) is 0 Å². The molecule has 1 aliphatic rings. The van der Waals surface area contributed by atoms with Crippen molar-refractivity contribution < 1.29 is 23.7 Å². The van der Waals surface area contributed by atoms with E-state index in [0.717, 1.165) is 24.8 Å². The van der Waals surface area contributed by atoms with E-state index in [-0.39, 0.29) is 12.1 Å². The minimum Gasteiger partial charge on any atom is -0.496 e. The van der Waals surface area contributed by atoms with Crippen LogP contribution in [-0.2, 0) is 9.47 Å². The first-order valence-electron chi connectivity index (χ1n) is 10.2. The molecule has 1 N–H and O–H groups in total. The predicted molar refractivity (Wildman–Crippen MR) is 118 cm³/mol. The average molecular weight is 451 g/mol. The van der Waals surface area contributed by atoms with Crippen molar-refractivity contribution in [3.8, 4) is 11.6 Å². The number of anilines is 1. The maximum atomic E-state index is 12.8. The van der Waals surface area contributed by atoms with Crippen LogP contribution in [0.1, 0.15) is 31.1 Å². The largest absolute Gasteiger partial charge is 0.496 e. The van der Waals surface area contributed by atoms with Gasteiger partial charge in [0.25, 0.3) is 5.88 Å². The summed E-state index contributed by atoms with van der Waals surface area (Å²) in [7, 11) is 1.52. The van der Waals surface area contributed by atoms with Crippen LogP contribution in [0.3, 0.4) is 0 Å². The summed E-state index contributed by atoms with van der Waals surface area (Å²) in [6, 6.07) is 6.98. The third-order valence-corrected chi connectivity index (χ3v) is 5.12. The maximum Gasteiger partial charge on any atom is 0.342 e. The zero-order chi connectivity index (χ0) is 22.3. The van der Waals surface area contributed by atoms with Crippen molar-refractivity contribution in [1.29, 1.82) is 0 Å². The summed E-state index contributed by atoms with van der Waals surface area (Å²) in [6.07, 6.45) is -0.532. The van der Waals surface area contributed by atoms with Crippen molar-refractivity contribution in [3.05, 3.63) is 29.8 Å². The Morgan fingerprint density at radius 1 is 1.26 bits per heavy atom. The van der Waals surface area contributed by atoms with E-state index in [1.165, 1.54) is 7.11 Å². The van der Waals surface area contributed by atoms with Gasteiger partial charge < -0.3 is 29.2 Å². The van der Waals surface area contributed by atoms with Crippen molar-refractivity contribution in [1.82, 2.24) is 14.1 Å². The Morgan fingerprint density at radius 3 is 2.71 bits per heavy atom. The van der Waals surface area contributed by atoms with Gasteiger partial charge in [-0.25, -0.2) is 4.79 Å². The van der Waals surface area contributed by atoms with E-state index in [9.17, 15) is 4.79 Å². The molecule has 1 aromatic heterocycles. The molecular weight excluding hydrogens is 420 g/mol. The number of nitrogens with one attached hydrogen (secondary N) is 1. The molecular formula is C21H30N4O5S. The lowest BCUT2D eigenvalue weighted by Crippen LogP contribution is -2.44. The van der Waals surface area contributed by atoms with Crippen LogP contribution in [0, 0.1) is 0 Å². The number of methoxy groups -OCH3 is 1. The number of morpholine rings is 1. The number of para-hydroxylation sites is 1. The lowest BCUT2D eigenvalue weighted by Gasteiger charge is -2.27. The van der Waals surface area contributed by atoms with E-state index in [2.05, 4.69) is 19.0 Å². The first kappa shape index (κ1) is 23.2. The Bertz CT molecular complexity index is 848. The van der Waals surface area contributed by atoms with E-state index in [0.29, 0.717) is 42.8 Å². The fourth-order valence-electron chi connectivity index (χ4n) is 2.99. The molecule has 1 aliphatic heterocycles. The Labute approximate surface area is 187 Å². The van der Waals surface area contributed by atoms with Crippen molar-refractivity contribution in [2.75, 3.05) is 51.5 Å². The molecule has 0 aliphatic carbocycles. The third-order valence-electron chi connectivity index (χ3n) is 4.62. The number of hydrogen-bond donors (Lipinski definition) is 1. The zero-order valence-corrected chi connectivity index (χ0v) is 19.2. The molecule has 0 radical (unpaired) electrons. The van der Waals surface area contributed by atoms with Gasteiger partial charge in [0.15, 0.2) is 0 Å². The molecule has 0 amide bonds. The van der Waals surface area contributed by atoms with Gasteiger partial charge in [-0.1, -0.05) is 12.1 Å². The molecule has 0 spiro atoms. The molecule has 0 saturated carbocycles. The second-order valence-corrected chi connectivity index (χ2v) is 8.69. The number of carbonyl (C=O) groups excluding carboxylic acids is 1. The van der Waals surface area contributed by atoms with Crippen LogP contribution in [0.2, 0.25) is 0 Å². The standard InChI is InChI=1S/C21H30N4O5S/c1-21(2,3)22-13-15(30-20(26)16-7-5-6-8-17(16)27-4)14-29-19-18(23-31-24-19)25-9-11-28-12-10-25/h5-8,15,22H,9-14H2,1-4H3. The Balaban J connectivity index is 1.68. The Hall–Kier alpha value is -2.43. The molecule has 0 bridgehead atoms. The quantitative estimate of drug-likeness (QED) is 0.578. The van der Waals surface area contributed by atoms with Crippen LogP contribution in [0.15, 0.2) is 24.3 Å². The SMILES string of the molecule is COc1ccccc1C(=O)OC(CNC(C)(C)C)COc1nsnc1N1CCOCC1. The number of hydrogen-bond acceptors (Lipinski definition) is 10. The smallest absolute Gasteiger partial charge is 0.342 e. The highest BCUT2D eigenvalue weighted by atomic mass is 32.1. The second-order valence-electron chi connectivity index (χ2n) is 8.16. The normalized spacial score (nSPS) is 15.4. The topological polar surface area (TPSA) is 95.0 Å². The lowest BCUT2D eigenvalue weighted by molar-refractivity contribution is 0.0154. The average Bonchev–Trinajstić information content (AvgIpc) is 3.24. The molecule has 3 rings (SSSR count). The molecule has 2 aromatic rings. The van der Waals surface area contributed by atoms with Gasteiger partial charge in [0, 0.05) is 25.2 Å². The Kier molecular flexibility index (Phi) is 8.05. The summed E-state index contributed by atoms with van der Waals surface area (Å²) >= 11 is 1.10. The molecule has 1 atom stereocenters. The summed E-state index contributed by atoms with van der Waals surface area (Å²) in [6.45, 7) is 9.48. The fraction of sp³-hybridized carbons (Fsp3) is 0.571. The monoisotopic (exact) mass is 450 g/mol. The van der Waals surface area contributed by atoms with Gasteiger partial charge in [-0.05, 0) is 32.9 Å². The molecule has 10 heteroatoms. The van der Waals surface area contributed by atoms with Crippen LogP contribution in [0.25, 0.3) is 0 Å². The van der Waals surface area contributed by atoms with Crippen molar-refractivity contribution in [2.24, 2.45) is 0 Å². The summed E-state index contributed by atoms with van der Waals surface area (Å²) in [4.78, 5) is 14.9. The van der Waals surface area contributed by atoms with Crippen LogP contribution in [0.5, 0.6) is 11.6 Å². The number of benzene rings is 1. The summed E-state index contributed by atoms with van der Waals surface area (Å²) in [5.74, 6) is 1.15. The number of aromatic nitrogens is 2. The van der Waals surface area contributed by atoms with Gasteiger partial charge in [0.05, 0.1) is 32.1 Å². The first-order valence-corrected chi connectivity index (χ1v) is 11.0. The van der Waals surface area contributed by atoms with Gasteiger partial charge >= 0.3 is 5.97 Å². The second kappa shape index (κ2) is 10.7. The molecule has 1 unspecified atom stereocenters. The van der Waals surface area contributed by atoms with Gasteiger partial charge in [-0.2, -0.15) is 4.37 Å². The number of esters is 1. The van der Waals surface area contributed by atoms with Crippen LogP contribution in [-0.4, -0.2) is 72.9 Å². The molecule has 170 valence electrons. The molecule has 1 aromatic carbocycles. The summed E-state index contributed by atoms with van der Waals surface area (Å²) in [5, 5.41) is 3.37. The number of nitrogens with zero attached hydrogens (tertiary/aromatic N) is 3. The van der Waals surface area contributed by atoms with E-state index >= 15 is 0 Å². The number of rotatable bonds is 9. The maximum absolute atomic E-state index is 12.8. The van der Waals surface area contributed by atoms with Crippen molar-refractivity contribution >= 4 is 23.5 Å². The van der Waals surface area contributed by atoms with E-state index in [1.54, 1.807) is 24.3 Å². The number of ether oxygens (including phenoxy) is 4. The highest BCUT2D eigenvalue weighted by molar-refractivity contribution is 6.99. The highest BCUT2D eigenvalue weighted by Crippen LogP contribution is 2.27. The first-order chi connectivity index (χ1) is 14.9. The summed E-state index contributed by atoms with van der Waals surface area (Å²) in [5.41, 5.74) is 0.228. The molecule has 1 saturated heterocycles. The van der Waals surface area contributed by atoms with Gasteiger partial charge in [-0.15, -0.1) is 4.37 Å². The van der Waals surface area contributed by atoms with E-state index < -0.39 is 12.1 Å². The molecule has 1 fully saturated rings. The highest BCUT2D eigenvalue weighted by Gasteiger charge is 2.24.